The summed E-state index contributed by atoms with van der Waals surface area (Å²) in [6.45, 7) is 3.58. The second-order valence-corrected chi connectivity index (χ2v) is 8.59. The third kappa shape index (κ3) is 6.25. The molecule has 0 saturated heterocycles. The topological polar surface area (TPSA) is 79.8 Å². The maximum atomic E-state index is 12.4. The van der Waals surface area contributed by atoms with Gasteiger partial charge in [0, 0.05) is 17.0 Å². The summed E-state index contributed by atoms with van der Waals surface area (Å²) in [5.41, 5.74) is 3.63. The fraction of sp³-hybridized carbons (Fsp3) is 0.348. The molecule has 2 N–H and O–H groups in total. The fourth-order valence-corrected chi connectivity index (χ4v) is 3.80. The first-order valence-corrected chi connectivity index (χ1v) is 10.5. The number of benzene rings is 2. The Morgan fingerprint density at radius 3 is 2.52 bits per heavy atom. The van der Waals surface area contributed by atoms with E-state index in [4.69, 9.17) is 16.4 Å². The summed E-state index contributed by atoms with van der Waals surface area (Å²) in [5, 5.41) is 8.88. The van der Waals surface area contributed by atoms with Gasteiger partial charge >= 0.3 is 6.18 Å². The Labute approximate surface area is 194 Å². The standard InChI is InChI=1S/C23H23ClF3N3O3/c1-13-6-16(9-17(24)7-13)22(3)10-19(30-33-22)15-4-5-18(14(2)8-15)21(32)28-11-20(31)29-12-23(25,26)27/h4-9H,10-12H2,1-3H3,(H,28,32)(H,29,31). The summed E-state index contributed by atoms with van der Waals surface area (Å²) >= 11 is 6.19. The fourth-order valence-electron chi connectivity index (χ4n) is 3.51. The average molecular weight is 482 g/mol. The first kappa shape index (κ1) is 24.6. The molecule has 1 aliphatic rings. The molecule has 10 heteroatoms. The number of halogens is 4. The van der Waals surface area contributed by atoms with Crippen LogP contribution in [0.25, 0.3) is 0 Å². The molecule has 33 heavy (non-hydrogen) atoms. The lowest BCUT2D eigenvalue weighted by Gasteiger charge is -2.22. The van der Waals surface area contributed by atoms with Crippen molar-refractivity contribution in [3.63, 3.8) is 0 Å². The lowest BCUT2D eigenvalue weighted by atomic mass is 9.88. The minimum atomic E-state index is -4.51. The van der Waals surface area contributed by atoms with Crippen LogP contribution in [0.3, 0.4) is 0 Å². The van der Waals surface area contributed by atoms with E-state index in [-0.39, 0.29) is 0 Å². The van der Waals surface area contributed by atoms with Crippen molar-refractivity contribution in [2.24, 2.45) is 5.16 Å². The Morgan fingerprint density at radius 1 is 1.15 bits per heavy atom. The van der Waals surface area contributed by atoms with E-state index in [0.29, 0.717) is 28.3 Å². The lowest BCUT2D eigenvalue weighted by Crippen LogP contribution is -2.41. The molecule has 2 aromatic rings. The van der Waals surface area contributed by atoms with Gasteiger partial charge < -0.3 is 15.5 Å². The molecule has 0 spiro atoms. The van der Waals surface area contributed by atoms with Gasteiger partial charge in [0.25, 0.3) is 5.91 Å². The van der Waals surface area contributed by atoms with E-state index in [1.807, 2.05) is 32.0 Å². The van der Waals surface area contributed by atoms with Gasteiger partial charge in [0.05, 0.1) is 12.3 Å². The number of carbonyl (C=O) groups is 2. The normalized spacial score (nSPS) is 17.8. The summed E-state index contributed by atoms with van der Waals surface area (Å²) in [4.78, 5) is 29.6. The molecular formula is C23H23ClF3N3O3. The molecule has 0 saturated carbocycles. The van der Waals surface area contributed by atoms with Crippen LogP contribution < -0.4 is 10.6 Å². The molecular weight excluding hydrogens is 459 g/mol. The second-order valence-electron chi connectivity index (χ2n) is 8.16. The highest BCUT2D eigenvalue weighted by Gasteiger charge is 2.37. The van der Waals surface area contributed by atoms with Crippen molar-refractivity contribution in [3.05, 3.63) is 69.2 Å². The van der Waals surface area contributed by atoms with Crippen LogP contribution in [0, 0.1) is 13.8 Å². The smallest absolute Gasteiger partial charge is 0.384 e. The van der Waals surface area contributed by atoms with E-state index in [0.717, 1.165) is 16.7 Å². The third-order valence-corrected chi connectivity index (χ3v) is 5.43. The number of hydrogen-bond acceptors (Lipinski definition) is 4. The zero-order valence-corrected chi connectivity index (χ0v) is 19.0. The van der Waals surface area contributed by atoms with Crippen LogP contribution in [0.2, 0.25) is 5.02 Å². The molecule has 2 aromatic carbocycles. The zero-order valence-electron chi connectivity index (χ0n) is 18.3. The van der Waals surface area contributed by atoms with Crippen LogP contribution >= 0.6 is 11.6 Å². The van der Waals surface area contributed by atoms with Crippen LogP contribution in [0.1, 0.15) is 46.0 Å². The molecule has 1 aliphatic heterocycles. The van der Waals surface area contributed by atoms with Crippen molar-refractivity contribution < 1.29 is 27.6 Å². The molecule has 3 rings (SSSR count). The Balaban J connectivity index is 1.65. The maximum Gasteiger partial charge on any atom is 0.405 e. The van der Waals surface area contributed by atoms with Gasteiger partial charge in [0.1, 0.15) is 6.54 Å². The number of oxime groups is 1. The van der Waals surface area contributed by atoms with Gasteiger partial charge in [0.2, 0.25) is 5.91 Å². The van der Waals surface area contributed by atoms with Crippen LogP contribution in [-0.4, -0.2) is 36.8 Å². The van der Waals surface area contributed by atoms with Crippen molar-refractivity contribution in [2.45, 2.75) is 39.0 Å². The number of rotatable bonds is 6. The number of hydrogen-bond donors (Lipinski definition) is 2. The van der Waals surface area contributed by atoms with Crippen LogP contribution in [0.15, 0.2) is 41.6 Å². The molecule has 2 amide bonds. The van der Waals surface area contributed by atoms with Gasteiger partial charge in [-0.15, -0.1) is 0 Å². The van der Waals surface area contributed by atoms with Crippen molar-refractivity contribution in [1.82, 2.24) is 10.6 Å². The molecule has 176 valence electrons. The van der Waals surface area contributed by atoms with E-state index in [1.165, 1.54) is 0 Å². The van der Waals surface area contributed by atoms with Gasteiger partial charge in [-0.2, -0.15) is 13.2 Å². The highest BCUT2D eigenvalue weighted by atomic mass is 35.5. The summed E-state index contributed by atoms with van der Waals surface area (Å²) in [7, 11) is 0. The largest absolute Gasteiger partial charge is 0.405 e. The molecule has 0 radical (unpaired) electrons. The molecule has 1 heterocycles. The molecule has 6 nitrogen and oxygen atoms in total. The number of aryl methyl sites for hydroxylation is 2. The van der Waals surface area contributed by atoms with Gasteiger partial charge in [-0.3, -0.25) is 9.59 Å². The average Bonchev–Trinajstić information content (AvgIpc) is 3.13. The third-order valence-electron chi connectivity index (χ3n) is 5.21. The highest BCUT2D eigenvalue weighted by Crippen LogP contribution is 2.37. The highest BCUT2D eigenvalue weighted by molar-refractivity contribution is 6.30. The minimum Gasteiger partial charge on any atom is -0.384 e. The van der Waals surface area contributed by atoms with Crippen molar-refractivity contribution in [3.8, 4) is 0 Å². The number of nitrogens with one attached hydrogen (secondary N) is 2. The molecule has 0 bridgehead atoms. The number of alkyl halides is 3. The van der Waals surface area contributed by atoms with Crippen LogP contribution in [-0.2, 0) is 15.2 Å². The molecule has 1 unspecified atom stereocenters. The Morgan fingerprint density at radius 2 is 1.88 bits per heavy atom. The predicted molar refractivity (Wildman–Crippen MR) is 118 cm³/mol. The first-order chi connectivity index (χ1) is 15.4. The summed E-state index contributed by atoms with van der Waals surface area (Å²) in [6, 6.07) is 10.8. The number of nitrogens with zero attached hydrogens (tertiary/aromatic N) is 1. The summed E-state index contributed by atoms with van der Waals surface area (Å²) < 4.78 is 36.5. The number of amides is 2. The van der Waals surface area contributed by atoms with E-state index in [9.17, 15) is 22.8 Å². The lowest BCUT2D eigenvalue weighted by molar-refractivity contribution is -0.137. The summed E-state index contributed by atoms with van der Waals surface area (Å²) in [5.74, 6) is -1.49. The van der Waals surface area contributed by atoms with Gasteiger partial charge in [-0.25, -0.2) is 0 Å². The minimum absolute atomic E-state index is 0.301. The van der Waals surface area contributed by atoms with Crippen molar-refractivity contribution in [2.75, 3.05) is 13.1 Å². The quantitative estimate of drug-likeness (QED) is 0.641. The van der Waals surface area contributed by atoms with Crippen LogP contribution in [0.5, 0.6) is 0 Å². The zero-order chi connectivity index (χ0) is 24.4. The SMILES string of the molecule is Cc1cc(Cl)cc(C2(C)CC(c3ccc(C(=O)NCC(=O)NCC(F)(F)F)c(C)c3)=NO2)c1. The molecule has 0 aliphatic carbocycles. The monoisotopic (exact) mass is 481 g/mol. The van der Waals surface area contributed by atoms with Crippen LogP contribution in [0.4, 0.5) is 13.2 Å². The second kappa shape index (κ2) is 9.43. The number of carbonyl (C=O) groups excluding carboxylic acids is 2. The van der Waals surface area contributed by atoms with Gasteiger partial charge in [0.15, 0.2) is 5.60 Å². The maximum absolute atomic E-state index is 12.4. The first-order valence-electron chi connectivity index (χ1n) is 10.1. The van der Waals surface area contributed by atoms with Crippen molar-refractivity contribution >= 4 is 29.1 Å². The van der Waals surface area contributed by atoms with E-state index in [1.54, 1.807) is 30.4 Å². The van der Waals surface area contributed by atoms with E-state index < -0.39 is 36.7 Å². The van der Waals surface area contributed by atoms with Crippen molar-refractivity contribution in [1.29, 1.82) is 0 Å². The molecule has 0 fully saturated rings. The van der Waals surface area contributed by atoms with E-state index in [2.05, 4.69) is 10.5 Å². The Bertz CT molecular complexity index is 1100. The molecule has 1 atom stereocenters. The Kier molecular flexibility index (Phi) is 7.02. The van der Waals surface area contributed by atoms with Gasteiger partial charge in [-0.05, 0) is 67.3 Å². The predicted octanol–water partition coefficient (Wildman–Crippen LogP) is 4.40. The van der Waals surface area contributed by atoms with Gasteiger partial charge in [-0.1, -0.05) is 28.9 Å². The van der Waals surface area contributed by atoms with E-state index >= 15 is 0 Å². The Hall–Kier alpha value is -3.07. The molecule has 0 aromatic heterocycles. The summed E-state index contributed by atoms with van der Waals surface area (Å²) in [6.07, 6.45) is -4.02.